The Kier molecular flexibility index (Phi) is 6.08. The molecule has 0 radical (unpaired) electrons. The third-order valence-electron chi connectivity index (χ3n) is 6.27. The number of hydrogen-bond donors (Lipinski definition) is 0. The van der Waals surface area contributed by atoms with E-state index in [1.165, 1.54) is 51.0 Å². The second kappa shape index (κ2) is 8.27. The molecule has 1 unspecified atom stereocenters. The molecule has 2 heteroatoms. The SMILES string of the molecule is CCCCC1CCC(C2CC=C(c3cccc(F)c3F)CC2)CC1. The molecule has 0 aromatic heterocycles. The summed E-state index contributed by atoms with van der Waals surface area (Å²) < 4.78 is 27.4. The molecule has 0 bridgehead atoms. The van der Waals surface area contributed by atoms with E-state index < -0.39 is 11.6 Å². The summed E-state index contributed by atoms with van der Waals surface area (Å²) in [7, 11) is 0. The van der Waals surface area contributed by atoms with Crippen LogP contribution in [0.1, 0.15) is 76.7 Å². The van der Waals surface area contributed by atoms with Gasteiger partial charge in [0.25, 0.3) is 0 Å². The largest absolute Gasteiger partial charge is 0.204 e. The molecular formula is C22H30F2. The first kappa shape index (κ1) is 17.6. The van der Waals surface area contributed by atoms with Crippen molar-refractivity contribution in [3.05, 3.63) is 41.5 Å². The first-order valence-corrected chi connectivity index (χ1v) is 9.82. The van der Waals surface area contributed by atoms with Crippen molar-refractivity contribution in [3.63, 3.8) is 0 Å². The van der Waals surface area contributed by atoms with Crippen LogP contribution in [0.2, 0.25) is 0 Å². The smallest absolute Gasteiger partial charge is 0.166 e. The van der Waals surface area contributed by atoms with Crippen molar-refractivity contribution in [2.24, 2.45) is 17.8 Å². The predicted octanol–water partition coefficient (Wildman–Crippen LogP) is 7.14. The molecule has 2 aliphatic carbocycles. The summed E-state index contributed by atoms with van der Waals surface area (Å²) in [6, 6.07) is 4.52. The van der Waals surface area contributed by atoms with Gasteiger partial charge in [0.15, 0.2) is 11.6 Å². The van der Waals surface area contributed by atoms with Crippen LogP contribution in [0.5, 0.6) is 0 Å². The molecule has 1 aromatic carbocycles. The number of benzene rings is 1. The van der Waals surface area contributed by atoms with Crippen LogP contribution in [0.3, 0.4) is 0 Å². The molecule has 1 atom stereocenters. The Morgan fingerprint density at radius 3 is 2.46 bits per heavy atom. The summed E-state index contributed by atoms with van der Waals surface area (Å²) in [5.74, 6) is 1.13. The van der Waals surface area contributed by atoms with Crippen molar-refractivity contribution < 1.29 is 8.78 Å². The second-order valence-electron chi connectivity index (χ2n) is 7.79. The highest BCUT2D eigenvalue weighted by atomic mass is 19.2. The summed E-state index contributed by atoms with van der Waals surface area (Å²) in [5, 5.41) is 0. The Morgan fingerprint density at radius 1 is 1.00 bits per heavy atom. The van der Waals surface area contributed by atoms with Gasteiger partial charge in [-0.25, -0.2) is 8.78 Å². The molecule has 1 fully saturated rings. The monoisotopic (exact) mass is 332 g/mol. The zero-order valence-corrected chi connectivity index (χ0v) is 14.9. The standard InChI is InChI=1S/C22H30F2/c1-2-3-5-16-8-10-17(11-9-16)18-12-14-19(15-13-18)20-6-4-7-21(23)22(20)24/h4,6-7,14,16-18H,2-3,5,8-13,15H2,1H3. The van der Waals surface area contributed by atoms with Crippen molar-refractivity contribution in [3.8, 4) is 0 Å². The van der Waals surface area contributed by atoms with Gasteiger partial charge in [0.1, 0.15) is 0 Å². The number of hydrogen-bond acceptors (Lipinski definition) is 0. The topological polar surface area (TPSA) is 0 Å². The molecular weight excluding hydrogens is 302 g/mol. The van der Waals surface area contributed by atoms with Crippen molar-refractivity contribution in [2.75, 3.05) is 0 Å². The lowest BCUT2D eigenvalue weighted by atomic mass is 9.70. The summed E-state index contributed by atoms with van der Waals surface area (Å²) in [5.41, 5.74) is 1.47. The van der Waals surface area contributed by atoms with E-state index in [0.717, 1.165) is 42.6 Å². The van der Waals surface area contributed by atoms with E-state index in [1.807, 2.05) is 0 Å². The minimum atomic E-state index is -0.735. The Bertz CT molecular complexity index is 567. The van der Waals surface area contributed by atoms with E-state index in [0.29, 0.717) is 5.56 Å². The lowest BCUT2D eigenvalue weighted by Gasteiger charge is -2.35. The van der Waals surface area contributed by atoms with Gasteiger partial charge in [-0.1, -0.05) is 57.2 Å². The van der Waals surface area contributed by atoms with Gasteiger partial charge in [0.2, 0.25) is 0 Å². The van der Waals surface area contributed by atoms with Crippen molar-refractivity contribution in [1.29, 1.82) is 0 Å². The van der Waals surface area contributed by atoms with Crippen LogP contribution in [-0.2, 0) is 0 Å². The number of halogens is 2. The average molecular weight is 332 g/mol. The third kappa shape index (κ3) is 4.07. The summed E-state index contributed by atoms with van der Waals surface area (Å²) in [6.07, 6.45) is 14.9. The minimum Gasteiger partial charge on any atom is -0.204 e. The van der Waals surface area contributed by atoms with Gasteiger partial charge < -0.3 is 0 Å². The fourth-order valence-electron chi connectivity index (χ4n) is 4.72. The van der Waals surface area contributed by atoms with E-state index in [1.54, 1.807) is 12.1 Å². The van der Waals surface area contributed by atoms with E-state index >= 15 is 0 Å². The highest BCUT2D eigenvalue weighted by molar-refractivity contribution is 5.66. The molecule has 0 saturated heterocycles. The lowest BCUT2D eigenvalue weighted by Crippen LogP contribution is -2.23. The molecule has 0 nitrogen and oxygen atoms in total. The molecule has 132 valence electrons. The van der Waals surface area contributed by atoms with Crippen molar-refractivity contribution in [1.82, 2.24) is 0 Å². The van der Waals surface area contributed by atoms with Gasteiger partial charge in [0.05, 0.1) is 0 Å². The normalized spacial score (nSPS) is 27.8. The maximum atomic E-state index is 14.0. The van der Waals surface area contributed by atoms with Crippen LogP contribution < -0.4 is 0 Å². The number of rotatable bonds is 5. The molecule has 0 heterocycles. The molecule has 0 spiro atoms. The fourth-order valence-corrected chi connectivity index (χ4v) is 4.72. The molecule has 0 aliphatic heterocycles. The van der Waals surface area contributed by atoms with Gasteiger partial charge in [-0.15, -0.1) is 0 Å². The molecule has 3 rings (SSSR count). The van der Waals surface area contributed by atoms with Crippen LogP contribution >= 0.6 is 0 Å². The van der Waals surface area contributed by atoms with Gasteiger partial charge >= 0.3 is 0 Å². The van der Waals surface area contributed by atoms with Gasteiger partial charge in [0, 0.05) is 5.56 Å². The van der Waals surface area contributed by atoms with E-state index in [9.17, 15) is 8.78 Å². The van der Waals surface area contributed by atoms with E-state index in [2.05, 4.69) is 13.0 Å². The molecule has 0 amide bonds. The highest BCUT2D eigenvalue weighted by Crippen LogP contribution is 2.42. The minimum absolute atomic E-state index is 0.469. The Balaban J connectivity index is 1.55. The summed E-state index contributed by atoms with van der Waals surface area (Å²) in [4.78, 5) is 0. The first-order valence-electron chi connectivity index (χ1n) is 9.82. The van der Waals surface area contributed by atoms with Crippen LogP contribution in [-0.4, -0.2) is 0 Å². The average Bonchev–Trinajstić information content (AvgIpc) is 2.63. The first-order chi connectivity index (χ1) is 11.7. The molecule has 0 N–H and O–H groups in total. The Labute approximate surface area is 145 Å². The van der Waals surface area contributed by atoms with E-state index in [4.69, 9.17) is 0 Å². The molecule has 1 aromatic rings. The maximum absolute atomic E-state index is 14.0. The third-order valence-corrected chi connectivity index (χ3v) is 6.27. The number of allylic oxidation sites excluding steroid dienone is 2. The molecule has 24 heavy (non-hydrogen) atoms. The van der Waals surface area contributed by atoms with Gasteiger partial charge in [-0.2, -0.15) is 0 Å². The number of unbranched alkanes of at least 4 members (excludes halogenated alkanes) is 1. The Morgan fingerprint density at radius 2 is 1.79 bits per heavy atom. The van der Waals surface area contributed by atoms with Crippen molar-refractivity contribution >= 4 is 5.57 Å². The summed E-state index contributed by atoms with van der Waals surface area (Å²) >= 11 is 0. The van der Waals surface area contributed by atoms with Crippen molar-refractivity contribution in [2.45, 2.75) is 71.1 Å². The van der Waals surface area contributed by atoms with Crippen LogP contribution in [0.4, 0.5) is 8.78 Å². The lowest BCUT2D eigenvalue weighted by molar-refractivity contribution is 0.188. The second-order valence-corrected chi connectivity index (χ2v) is 7.79. The van der Waals surface area contributed by atoms with Gasteiger partial charge in [-0.3, -0.25) is 0 Å². The van der Waals surface area contributed by atoms with Gasteiger partial charge in [-0.05, 0) is 61.5 Å². The zero-order valence-electron chi connectivity index (χ0n) is 14.9. The maximum Gasteiger partial charge on any atom is 0.166 e. The molecule has 1 saturated carbocycles. The van der Waals surface area contributed by atoms with Crippen LogP contribution in [0, 0.1) is 29.4 Å². The highest BCUT2D eigenvalue weighted by Gasteiger charge is 2.29. The van der Waals surface area contributed by atoms with Crippen LogP contribution in [0.15, 0.2) is 24.3 Å². The van der Waals surface area contributed by atoms with E-state index in [-0.39, 0.29) is 0 Å². The summed E-state index contributed by atoms with van der Waals surface area (Å²) in [6.45, 7) is 2.28. The fraction of sp³-hybridized carbons (Fsp3) is 0.636. The van der Waals surface area contributed by atoms with Crippen LogP contribution in [0.25, 0.3) is 5.57 Å². The molecule has 2 aliphatic rings. The Hall–Kier alpha value is -1.18. The quantitative estimate of drug-likeness (QED) is 0.537. The zero-order chi connectivity index (χ0) is 16.9. The predicted molar refractivity (Wildman–Crippen MR) is 96.6 cm³/mol.